The molecule has 1 N–H and O–H groups in total. The first-order chi connectivity index (χ1) is 15.4. The minimum absolute atomic E-state index is 0.0475. The Labute approximate surface area is 186 Å². The van der Waals surface area contributed by atoms with Crippen molar-refractivity contribution in [1.82, 2.24) is 4.98 Å². The molecule has 162 valence electrons. The van der Waals surface area contributed by atoms with Crippen LogP contribution in [-0.2, 0) is 9.59 Å². The summed E-state index contributed by atoms with van der Waals surface area (Å²) in [5.41, 5.74) is 3.56. The van der Waals surface area contributed by atoms with Gasteiger partial charge in [-0.2, -0.15) is 0 Å². The van der Waals surface area contributed by atoms with Gasteiger partial charge in [0.05, 0.1) is 18.2 Å². The van der Waals surface area contributed by atoms with E-state index in [1.54, 1.807) is 48.8 Å². The van der Waals surface area contributed by atoms with Crippen LogP contribution in [0.5, 0.6) is 5.75 Å². The molecular formula is C26H24N2O4. The number of hydrogen-bond donors (Lipinski definition) is 1. The van der Waals surface area contributed by atoms with Gasteiger partial charge in [-0.15, -0.1) is 0 Å². The van der Waals surface area contributed by atoms with Crippen molar-refractivity contribution in [1.29, 1.82) is 0 Å². The van der Waals surface area contributed by atoms with E-state index < -0.39 is 17.7 Å². The van der Waals surface area contributed by atoms with Crippen LogP contribution >= 0.6 is 0 Å². The van der Waals surface area contributed by atoms with Crippen LogP contribution in [0.25, 0.3) is 5.76 Å². The maximum atomic E-state index is 13.2. The molecule has 0 saturated carbocycles. The number of Topliss-reactive ketones (excluding diaryl/α,β-unsaturated/α-hetero) is 1. The molecule has 0 radical (unpaired) electrons. The molecule has 2 aromatic carbocycles. The van der Waals surface area contributed by atoms with E-state index in [0.29, 0.717) is 29.2 Å². The van der Waals surface area contributed by atoms with Gasteiger partial charge in [-0.25, -0.2) is 0 Å². The number of anilines is 1. The van der Waals surface area contributed by atoms with E-state index in [4.69, 9.17) is 4.74 Å². The number of aromatic nitrogens is 1. The van der Waals surface area contributed by atoms with Crippen molar-refractivity contribution in [2.75, 3.05) is 11.5 Å². The molecule has 1 unspecified atom stereocenters. The predicted molar refractivity (Wildman–Crippen MR) is 123 cm³/mol. The van der Waals surface area contributed by atoms with Crippen LogP contribution in [-0.4, -0.2) is 28.4 Å². The molecule has 0 aliphatic carbocycles. The van der Waals surface area contributed by atoms with Gasteiger partial charge in [0.1, 0.15) is 11.5 Å². The van der Waals surface area contributed by atoms with Gasteiger partial charge in [-0.3, -0.25) is 19.5 Å². The summed E-state index contributed by atoms with van der Waals surface area (Å²) in [6.45, 7) is 6.21. The van der Waals surface area contributed by atoms with E-state index in [1.165, 1.54) is 4.90 Å². The average molecular weight is 428 g/mol. The largest absolute Gasteiger partial charge is 0.507 e. The lowest BCUT2D eigenvalue weighted by Crippen LogP contribution is -2.29. The summed E-state index contributed by atoms with van der Waals surface area (Å²) >= 11 is 0. The molecule has 1 amide bonds. The molecule has 4 rings (SSSR count). The fourth-order valence-electron chi connectivity index (χ4n) is 4.01. The minimum Gasteiger partial charge on any atom is -0.507 e. The van der Waals surface area contributed by atoms with Gasteiger partial charge in [-0.1, -0.05) is 12.1 Å². The molecule has 1 fully saturated rings. The zero-order valence-corrected chi connectivity index (χ0v) is 18.2. The molecule has 0 spiro atoms. The summed E-state index contributed by atoms with van der Waals surface area (Å²) < 4.78 is 5.58. The predicted octanol–water partition coefficient (Wildman–Crippen LogP) is 4.72. The van der Waals surface area contributed by atoms with Crippen LogP contribution in [0.15, 0.2) is 72.6 Å². The molecule has 1 saturated heterocycles. The van der Waals surface area contributed by atoms with E-state index in [9.17, 15) is 14.7 Å². The second kappa shape index (κ2) is 8.67. The van der Waals surface area contributed by atoms with Crippen LogP contribution < -0.4 is 9.64 Å². The van der Waals surface area contributed by atoms with Crippen molar-refractivity contribution in [2.24, 2.45) is 0 Å². The summed E-state index contributed by atoms with van der Waals surface area (Å²) in [6, 6.07) is 15.3. The number of aliphatic hydroxyl groups is 1. The Morgan fingerprint density at radius 3 is 2.47 bits per heavy atom. The van der Waals surface area contributed by atoms with Crippen molar-refractivity contribution in [2.45, 2.75) is 26.8 Å². The Morgan fingerprint density at radius 1 is 1.06 bits per heavy atom. The van der Waals surface area contributed by atoms with Crippen molar-refractivity contribution < 1.29 is 19.4 Å². The van der Waals surface area contributed by atoms with Gasteiger partial charge < -0.3 is 9.84 Å². The summed E-state index contributed by atoms with van der Waals surface area (Å²) in [5, 5.41) is 11.2. The number of aryl methyl sites for hydroxylation is 2. The van der Waals surface area contributed by atoms with Crippen molar-refractivity contribution in [3.63, 3.8) is 0 Å². The number of benzene rings is 2. The first-order valence-electron chi connectivity index (χ1n) is 10.4. The second-order valence-corrected chi connectivity index (χ2v) is 7.70. The number of ketones is 1. The topological polar surface area (TPSA) is 79.7 Å². The maximum absolute atomic E-state index is 13.2. The van der Waals surface area contributed by atoms with E-state index in [-0.39, 0.29) is 11.3 Å². The Morgan fingerprint density at radius 2 is 1.81 bits per heavy atom. The molecule has 1 atom stereocenters. The fraction of sp³-hybridized carbons (Fsp3) is 0.192. The van der Waals surface area contributed by atoms with Gasteiger partial charge in [0.25, 0.3) is 11.7 Å². The van der Waals surface area contributed by atoms with E-state index in [1.807, 2.05) is 39.0 Å². The highest BCUT2D eigenvalue weighted by Gasteiger charge is 2.47. The average Bonchev–Trinajstić information content (AvgIpc) is 3.06. The molecule has 3 aromatic rings. The normalized spacial score (nSPS) is 17.6. The zero-order valence-electron chi connectivity index (χ0n) is 18.2. The number of hydrogen-bond acceptors (Lipinski definition) is 5. The number of rotatable bonds is 5. The number of nitrogens with zero attached hydrogens (tertiary/aromatic N) is 2. The Bertz CT molecular complexity index is 1220. The van der Waals surface area contributed by atoms with E-state index >= 15 is 0 Å². The van der Waals surface area contributed by atoms with E-state index in [0.717, 1.165) is 11.1 Å². The number of carbonyl (C=O) groups is 2. The van der Waals surface area contributed by atoms with Crippen LogP contribution in [0.4, 0.5) is 5.69 Å². The smallest absolute Gasteiger partial charge is 0.300 e. The first-order valence-corrected chi connectivity index (χ1v) is 10.4. The van der Waals surface area contributed by atoms with Gasteiger partial charge in [0, 0.05) is 23.6 Å². The first kappa shape index (κ1) is 21.3. The second-order valence-electron chi connectivity index (χ2n) is 7.70. The monoisotopic (exact) mass is 428 g/mol. The third kappa shape index (κ3) is 3.75. The van der Waals surface area contributed by atoms with Gasteiger partial charge >= 0.3 is 0 Å². The van der Waals surface area contributed by atoms with Gasteiger partial charge in [0.15, 0.2) is 0 Å². The van der Waals surface area contributed by atoms with Crippen LogP contribution in [0.2, 0.25) is 0 Å². The molecule has 1 aliphatic rings. The lowest BCUT2D eigenvalue weighted by Gasteiger charge is -2.25. The number of amides is 1. The van der Waals surface area contributed by atoms with Crippen LogP contribution in [0.1, 0.15) is 35.2 Å². The number of carbonyl (C=O) groups excluding carboxylic acids is 2. The van der Waals surface area contributed by atoms with Crippen LogP contribution in [0.3, 0.4) is 0 Å². The molecule has 1 aromatic heterocycles. The van der Waals surface area contributed by atoms with Gasteiger partial charge in [-0.05, 0) is 79.9 Å². The van der Waals surface area contributed by atoms with Gasteiger partial charge in [0.2, 0.25) is 0 Å². The molecule has 32 heavy (non-hydrogen) atoms. The summed E-state index contributed by atoms with van der Waals surface area (Å²) in [4.78, 5) is 31.8. The highest BCUT2D eigenvalue weighted by Crippen LogP contribution is 2.42. The highest BCUT2D eigenvalue weighted by molar-refractivity contribution is 6.51. The standard InChI is InChI=1S/C26H24N2O4/c1-4-32-21-9-8-19(15-17(21)3)24(29)22-23(18-10-12-27-13-11-18)28(26(31)25(22)30)20-7-5-6-16(2)14-20/h5-15,23,29H,4H2,1-3H3/b24-22-. The molecule has 6 heteroatoms. The number of pyridine rings is 1. The van der Waals surface area contributed by atoms with E-state index in [2.05, 4.69) is 4.98 Å². The Hall–Kier alpha value is -3.93. The van der Waals surface area contributed by atoms with Crippen molar-refractivity contribution in [3.8, 4) is 5.75 Å². The molecule has 0 bridgehead atoms. The fourth-order valence-corrected chi connectivity index (χ4v) is 4.01. The molecule has 1 aliphatic heterocycles. The molecule has 2 heterocycles. The quantitative estimate of drug-likeness (QED) is 0.361. The molecule has 6 nitrogen and oxygen atoms in total. The zero-order chi connectivity index (χ0) is 22.8. The van der Waals surface area contributed by atoms with Crippen molar-refractivity contribution in [3.05, 3.63) is 94.8 Å². The summed E-state index contributed by atoms with van der Waals surface area (Å²) in [6.07, 6.45) is 3.21. The number of ether oxygens (including phenoxy) is 1. The SMILES string of the molecule is CCOc1ccc(/C(O)=C2/C(=O)C(=O)N(c3cccc(C)c3)C2c2ccncc2)cc1C. The lowest BCUT2D eigenvalue weighted by atomic mass is 9.95. The minimum atomic E-state index is -0.772. The highest BCUT2D eigenvalue weighted by atomic mass is 16.5. The van der Waals surface area contributed by atoms with Crippen molar-refractivity contribution >= 4 is 23.1 Å². The Balaban J connectivity index is 1.90. The van der Waals surface area contributed by atoms with Crippen LogP contribution in [0, 0.1) is 13.8 Å². The maximum Gasteiger partial charge on any atom is 0.300 e. The Kier molecular flexibility index (Phi) is 5.77. The third-order valence-corrected chi connectivity index (χ3v) is 5.49. The third-order valence-electron chi connectivity index (χ3n) is 5.49. The lowest BCUT2D eigenvalue weighted by molar-refractivity contribution is -0.132. The summed E-state index contributed by atoms with van der Waals surface area (Å²) in [5.74, 6) is -0.916. The molecular weight excluding hydrogens is 404 g/mol. The number of aliphatic hydroxyl groups excluding tert-OH is 1. The summed E-state index contributed by atoms with van der Waals surface area (Å²) in [7, 11) is 0.